The maximum Gasteiger partial charge on any atom is 0.298 e. The number of pyridine rings is 1. The highest BCUT2D eigenvalue weighted by Gasteiger charge is 2.26. The minimum Gasteiger partial charge on any atom is -0.497 e. The van der Waals surface area contributed by atoms with Crippen molar-refractivity contribution in [3.05, 3.63) is 71.9 Å². The number of hydrogen-bond acceptors (Lipinski definition) is 5. The number of ketones is 1. The summed E-state index contributed by atoms with van der Waals surface area (Å²) in [6.45, 7) is 0. The lowest BCUT2D eigenvalue weighted by molar-refractivity contribution is -0.112. The van der Waals surface area contributed by atoms with Gasteiger partial charge in [0, 0.05) is 28.2 Å². The number of benzene rings is 1. The van der Waals surface area contributed by atoms with Crippen LogP contribution in [0, 0.1) is 0 Å². The van der Waals surface area contributed by atoms with Gasteiger partial charge in [-0.05, 0) is 41.8 Å². The van der Waals surface area contributed by atoms with E-state index >= 15 is 0 Å². The fraction of sp³-hybridized carbons (Fsp3) is 0.0909. The molecule has 3 heterocycles. The Kier molecular flexibility index (Phi) is 5.05. The van der Waals surface area contributed by atoms with E-state index < -0.39 is 11.7 Å². The summed E-state index contributed by atoms with van der Waals surface area (Å²) < 4.78 is 12.2. The van der Waals surface area contributed by atoms with Crippen molar-refractivity contribution in [1.29, 1.82) is 0 Å². The van der Waals surface area contributed by atoms with Crippen LogP contribution in [0.3, 0.4) is 0 Å². The molecule has 4 aromatic rings. The van der Waals surface area contributed by atoms with Gasteiger partial charge in [-0.2, -0.15) is 0 Å². The number of carbonyl (C=O) groups is 2. The third-order valence-electron chi connectivity index (χ3n) is 4.54. The Balaban J connectivity index is 1.72. The third kappa shape index (κ3) is 3.48. The summed E-state index contributed by atoms with van der Waals surface area (Å²) in [5, 5.41) is 4.60. The quantitative estimate of drug-likeness (QED) is 0.378. The molecule has 1 aromatic carbocycles. The van der Waals surface area contributed by atoms with Crippen molar-refractivity contribution >= 4 is 34.2 Å². The molecule has 0 unspecified atom stereocenters. The van der Waals surface area contributed by atoms with Gasteiger partial charge in [0.1, 0.15) is 17.2 Å². The van der Waals surface area contributed by atoms with E-state index in [1.165, 1.54) is 18.4 Å². The minimum absolute atomic E-state index is 0.327. The molecule has 4 rings (SSSR count). The number of fused-ring (bicyclic) bond motifs is 1. The molecule has 0 atom stereocenters. The molecule has 0 aliphatic carbocycles. The van der Waals surface area contributed by atoms with Crippen LogP contribution in [0.15, 0.2) is 66.2 Å². The van der Waals surface area contributed by atoms with Crippen LogP contribution in [0.2, 0.25) is 0 Å². The van der Waals surface area contributed by atoms with Gasteiger partial charge in [0.15, 0.2) is 0 Å². The molecule has 0 fully saturated rings. The normalized spacial score (nSPS) is 10.7. The van der Waals surface area contributed by atoms with Crippen LogP contribution in [0.25, 0.3) is 16.0 Å². The monoisotopic (exact) mass is 406 g/mol. The van der Waals surface area contributed by atoms with Crippen molar-refractivity contribution in [2.24, 2.45) is 0 Å². The van der Waals surface area contributed by atoms with Gasteiger partial charge in [0.05, 0.1) is 19.9 Å². The first-order valence-electron chi connectivity index (χ1n) is 8.84. The highest BCUT2D eigenvalue weighted by molar-refractivity contribution is 7.13. The van der Waals surface area contributed by atoms with E-state index in [2.05, 4.69) is 5.32 Å². The van der Waals surface area contributed by atoms with E-state index in [9.17, 15) is 9.59 Å². The third-order valence-corrected chi connectivity index (χ3v) is 5.45. The summed E-state index contributed by atoms with van der Waals surface area (Å²) in [5.41, 5.74) is 2.29. The van der Waals surface area contributed by atoms with Crippen LogP contribution in [0.5, 0.6) is 11.5 Å². The van der Waals surface area contributed by atoms with E-state index in [0.717, 1.165) is 16.0 Å². The smallest absolute Gasteiger partial charge is 0.298 e. The summed E-state index contributed by atoms with van der Waals surface area (Å²) in [5.74, 6) is -0.375. The number of amides is 1. The second kappa shape index (κ2) is 7.81. The van der Waals surface area contributed by atoms with Crippen molar-refractivity contribution in [3.8, 4) is 21.9 Å². The number of ether oxygens (including phenoxy) is 2. The number of nitrogens with one attached hydrogen (secondary N) is 1. The fourth-order valence-corrected chi connectivity index (χ4v) is 3.91. The number of aromatic nitrogens is 1. The maximum atomic E-state index is 13.2. The molecule has 146 valence electrons. The lowest BCUT2D eigenvalue weighted by Crippen LogP contribution is -2.24. The number of thiophene rings is 1. The number of methoxy groups -OCH3 is 2. The summed E-state index contributed by atoms with van der Waals surface area (Å²) in [7, 11) is 3.03. The van der Waals surface area contributed by atoms with Crippen LogP contribution in [0.4, 0.5) is 5.69 Å². The topological polar surface area (TPSA) is 69.0 Å². The number of Topliss-reactive ketones (excluding diaryl/α,β-unsaturated/α-hetero) is 1. The minimum atomic E-state index is -0.741. The zero-order chi connectivity index (χ0) is 20.4. The Morgan fingerprint density at radius 3 is 2.59 bits per heavy atom. The Hall–Kier alpha value is -3.58. The molecule has 0 aliphatic heterocycles. The molecule has 0 bridgehead atoms. The number of hydrogen-bond donors (Lipinski definition) is 1. The zero-order valence-electron chi connectivity index (χ0n) is 15.8. The van der Waals surface area contributed by atoms with Gasteiger partial charge in [0.25, 0.3) is 11.7 Å². The molecule has 1 N–H and O–H groups in total. The molecule has 0 radical (unpaired) electrons. The molecule has 29 heavy (non-hydrogen) atoms. The van der Waals surface area contributed by atoms with E-state index in [-0.39, 0.29) is 0 Å². The Morgan fingerprint density at radius 1 is 1.00 bits per heavy atom. The van der Waals surface area contributed by atoms with E-state index in [1.807, 2.05) is 41.8 Å². The Labute approximate surface area is 171 Å². The van der Waals surface area contributed by atoms with Gasteiger partial charge in [-0.25, -0.2) is 0 Å². The standard InChI is InChI=1S/C22H18N2O4S/c1-27-15-8-9-17(18(13-15)28-2)23-22(26)21(25)20-16(19-7-5-11-29-19)12-14-6-3-4-10-24(14)20/h3-13H,1-2H3,(H,23,26). The van der Waals surface area contributed by atoms with Crippen molar-refractivity contribution in [2.45, 2.75) is 0 Å². The molecule has 0 saturated heterocycles. The van der Waals surface area contributed by atoms with Crippen molar-refractivity contribution < 1.29 is 19.1 Å². The molecule has 6 nitrogen and oxygen atoms in total. The van der Waals surface area contributed by atoms with Crippen LogP contribution in [-0.2, 0) is 4.79 Å². The first-order valence-corrected chi connectivity index (χ1v) is 9.72. The number of carbonyl (C=O) groups excluding carboxylic acids is 2. The summed E-state index contributed by atoms with van der Waals surface area (Å²) in [4.78, 5) is 26.9. The lowest BCUT2D eigenvalue weighted by atomic mass is 10.1. The lowest BCUT2D eigenvalue weighted by Gasteiger charge is -2.11. The molecule has 7 heteroatoms. The first-order chi connectivity index (χ1) is 14.1. The molecule has 1 amide bonds. The fourth-order valence-electron chi connectivity index (χ4n) is 3.16. The predicted octanol–water partition coefficient (Wildman–Crippen LogP) is 4.51. The van der Waals surface area contributed by atoms with E-state index in [1.54, 1.807) is 35.9 Å². The Bertz CT molecular complexity index is 1190. The summed E-state index contributed by atoms with van der Waals surface area (Å²) in [6, 6.07) is 16.4. The van der Waals surface area contributed by atoms with Crippen LogP contribution < -0.4 is 14.8 Å². The van der Waals surface area contributed by atoms with Gasteiger partial charge < -0.3 is 19.2 Å². The van der Waals surface area contributed by atoms with Gasteiger partial charge in [0.2, 0.25) is 0 Å². The van der Waals surface area contributed by atoms with Crippen molar-refractivity contribution in [1.82, 2.24) is 4.40 Å². The molecule has 0 saturated carbocycles. The average Bonchev–Trinajstić information content (AvgIpc) is 3.41. The average molecular weight is 406 g/mol. The second-order valence-corrected chi connectivity index (χ2v) is 7.18. The largest absolute Gasteiger partial charge is 0.497 e. The molecule has 3 aromatic heterocycles. The summed E-state index contributed by atoms with van der Waals surface area (Å²) in [6.07, 6.45) is 1.78. The first kappa shape index (κ1) is 18.8. The van der Waals surface area contributed by atoms with Crippen molar-refractivity contribution in [2.75, 3.05) is 19.5 Å². The van der Waals surface area contributed by atoms with Gasteiger partial charge in [-0.15, -0.1) is 11.3 Å². The molecule has 0 aliphatic rings. The van der Waals surface area contributed by atoms with Crippen LogP contribution in [0.1, 0.15) is 10.5 Å². The van der Waals surface area contributed by atoms with Gasteiger partial charge >= 0.3 is 0 Å². The number of anilines is 1. The second-order valence-electron chi connectivity index (χ2n) is 6.23. The highest BCUT2D eigenvalue weighted by Crippen LogP contribution is 2.33. The Morgan fingerprint density at radius 2 is 1.86 bits per heavy atom. The number of nitrogens with zero attached hydrogens (tertiary/aromatic N) is 1. The molecular weight excluding hydrogens is 388 g/mol. The van der Waals surface area contributed by atoms with E-state index in [4.69, 9.17) is 9.47 Å². The zero-order valence-corrected chi connectivity index (χ0v) is 16.7. The summed E-state index contributed by atoms with van der Waals surface area (Å²) >= 11 is 1.52. The van der Waals surface area contributed by atoms with Crippen LogP contribution >= 0.6 is 11.3 Å². The molecular formula is C22H18N2O4S. The van der Waals surface area contributed by atoms with Gasteiger partial charge in [-0.3, -0.25) is 9.59 Å². The highest BCUT2D eigenvalue weighted by atomic mass is 32.1. The van der Waals surface area contributed by atoms with Gasteiger partial charge in [-0.1, -0.05) is 12.1 Å². The molecule has 0 spiro atoms. The SMILES string of the molecule is COc1ccc(NC(=O)C(=O)c2c(-c3cccs3)cc3ccccn23)c(OC)c1. The van der Waals surface area contributed by atoms with E-state index in [0.29, 0.717) is 22.9 Å². The van der Waals surface area contributed by atoms with Crippen molar-refractivity contribution in [3.63, 3.8) is 0 Å². The predicted molar refractivity (Wildman–Crippen MR) is 113 cm³/mol. The van der Waals surface area contributed by atoms with Crippen LogP contribution in [-0.4, -0.2) is 30.3 Å². The maximum absolute atomic E-state index is 13.2. The number of rotatable bonds is 6.